The highest BCUT2D eigenvalue weighted by Crippen LogP contribution is 2.22. The third kappa shape index (κ3) is 2.96. The Bertz CT molecular complexity index is 327. The Morgan fingerprint density at radius 3 is 2.00 bits per heavy atom. The molecule has 1 nitrogen and oxygen atoms in total. The molecule has 15 heavy (non-hydrogen) atoms. The molecule has 0 aliphatic heterocycles. The van der Waals surface area contributed by atoms with Gasteiger partial charge < -0.3 is 5.73 Å². The molecule has 1 atom stereocenters. The number of rotatable bonds is 3. The number of halogens is 3. The van der Waals surface area contributed by atoms with E-state index in [2.05, 4.69) is 0 Å². The molecule has 1 aromatic rings. The largest absolute Gasteiger partial charge is 0.324 e. The van der Waals surface area contributed by atoms with Crippen LogP contribution < -0.4 is 5.73 Å². The second-order valence-electron chi connectivity index (χ2n) is 4.03. The lowest BCUT2D eigenvalue weighted by molar-refractivity contribution is 0.439. The molecule has 0 spiro atoms. The van der Waals surface area contributed by atoms with E-state index in [1.165, 1.54) is 0 Å². The Morgan fingerprint density at radius 2 is 1.60 bits per heavy atom. The third-order valence-corrected chi connectivity index (χ3v) is 2.16. The van der Waals surface area contributed by atoms with Gasteiger partial charge in [0.15, 0.2) is 17.5 Å². The molecule has 0 heterocycles. The smallest absolute Gasteiger partial charge is 0.194 e. The van der Waals surface area contributed by atoms with Gasteiger partial charge in [-0.25, -0.2) is 13.2 Å². The fourth-order valence-electron chi connectivity index (χ4n) is 1.43. The molecule has 0 aliphatic rings. The summed E-state index contributed by atoms with van der Waals surface area (Å²) < 4.78 is 38.4. The fraction of sp³-hybridized carbons (Fsp3) is 0.455. The van der Waals surface area contributed by atoms with E-state index in [4.69, 9.17) is 5.73 Å². The van der Waals surface area contributed by atoms with Gasteiger partial charge in [-0.1, -0.05) is 13.8 Å². The van der Waals surface area contributed by atoms with E-state index >= 15 is 0 Å². The highest BCUT2D eigenvalue weighted by atomic mass is 19.2. The molecule has 1 unspecified atom stereocenters. The maximum absolute atomic E-state index is 12.9. The van der Waals surface area contributed by atoms with Crippen LogP contribution in [-0.2, 0) is 0 Å². The van der Waals surface area contributed by atoms with Gasteiger partial charge in [0.1, 0.15) is 0 Å². The Balaban J connectivity index is 2.95. The highest BCUT2D eigenvalue weighted by Gasteiger charge is 2.15. The molecule has 0 fully saturated rings. The first kappa shape index (κ1) is 12.0. The molecule has 0 aliphatic carbocycles. The van der Waals surface area contributed by atoms with Crippen LogP contribution in [0.1, 0.15) is 31.9 Å². The van der Waals surface area contributed by atoms with Gasteiger partial charge in [-0.15, -0.1) is 0 Å². The van der Waals surface area contributed by atoms with Crippen LogP contribution in [0.5, 0.6) is 0 Å². The Morgan fingerprint density at radius 1 is 1.13 bits per heavy atom. The number of benzene rings is 1. The number of hydrogen-bond donors (Lipinski definition) is 1. The van der Waals surface area contributed by atoms with Gasteiger partial charge in [-0.3, -0.25) is 0 Å². The van der Waals surface area contributed by atoms with Crippen molar-refractivity contribution >= 4 is 0 Å². The van der Waals surface area contributed by atoms with Crippen LogP contribution in [-0.4, -0.2) is 0 Å². The molecule has 0 saturated heterocycles. The van der Waals surface area contributed by atoms with Crippen molar-refractivity contribution in [2.24, 2.45) is 11.7 Å². The molecule has 0 radical (unpaired) electrons. The maximum atomic E-state index is 12.9. The number of hydrogen-bond acceptors (Lipinski definition) is 1. The Hall–Kier alpha value is -1.03. The molecule has 0 aromatic heterocycles. The summed E-state index contributed by atoms with van der Waals surface area (Å²) in [6, 6.07) is 1.44. The minimum atomic E-state index is -1.45. The van der Waals surface area contributed by atoms with Crippen LogP contribution >= 0.6 is 0 Å². The monoisotopic (exact) mass is 217 g/mol. The first-order valence-electron chi connectivity index (χ1n) is 4.81. The Kier molecular flexibility index (Phi) is 3.74. The first-order valence-corrected chi connectivity index (χ1v) is 4.81. The average molecular weight is 217 g/mol. The lowest BCUT2D eigenvalue weighted by Gasteiger charge is -2.14. The van der Waals surface area contributed by atoms with E-state index in [9.17, 15) is 13.2 Å². The molecule has 1 aromatic carbocycles. The van der Waals surface area contributed by atoms with Crippen LogP contribution in [0.2, 0.25) is 0 Å². The summed E-state index contributed by atoms with van der Waals surface area (Å²) >= 11 is 0. The summed E-state index contributed by atoms with van der Waals surface area (Å²) in [5.74, 6) is -3.51. The summed E-state index contributed by atoms with van der Waals surface area (Å²) in [5, 5.41) is 0. The van der Waals surface area contributed by atoms with Gasteiger partial charge in [0, 0.05) is 6.04 Å². The van der Waals surface area contributed by atoms with Crippen molar-refractivity contribution in [1.82, 2.24) is 0 Å². The molecule has 0 saturated carbocycles. The summed E-state index contributed by atoms with van der Waals surface area (Å²) in [7, 11) is 0. The van der Waals surface area contributed by atoms with Gasteiger partial charge in [0.2, 0.25) is 0 Å². The zero-order chi connectivity index (χ0) is 11.6. The molecule has 0 amide bonds. The maximum Gasteiger partial charge on any atom is 0.194 e. The van der Waals surface area contributed by atoms with Crippen molar-refractivity contribution in [3.05, 3.63) is 35.1 Å². The molecule has 0 bridgehead atoms. The molecule has 1 rings (SSSR count). The van der Waals surface area contributed by atoms with Crippen molar-refractivity contribution in [2.75, 3.05) is 0 Å². The van der Waals surface area contributed by atoms with Gasteiger partial charge >= 0.3 is 0 Å². The van der Waals surface area contributed by atoms with E-state index in [0.717, 1.165) is 12.1 Å². The zero-order valence-electron chi connectivity index (χ0n) is 8.73. The zero-order valence-corrected chi connectivity index (χ0v) is 8.73. The predicted octanol–water partition coefficient (Wildman–Crippen LogP) is 3.15. The second-order valence-corrected chi connectivity index (χ2v) is 4.03. The van der Waals surface area contributed by atoms with E-state index in [1.54, 1.807) is 0 Å². The van der Waals surface area contributed by atoms with Crippen LogP contribution in [0.3, 0.4) is 0 Å². The van der Waals surface area contributed by atoms with Crippen LogP contribution in [0.25, 0.3) is 0 Å². The summed E-state index contributed by atoms with van der Waals surface area (Å²) in [6.07, 6.45) is 0.602. The van der Waals surface area contributed by atoms with Crippen molar-refractivity contribution in [3.63, 3.8) is 0 Å². The summed E-state index contributed by atoms with van der Waals surface area (Å²) in [5.41, 5.74) is 6.02. The lowest BCUT2D eigenvalue weighted by Crippen LogP contribution is -2.14. The van der Waals surface area contributed by atoms with Gasteiger partial charge in [-0.05, 0) is 30.0 Å². The van der Waals surface area contributed by atoms with Crippen molar-refractivity contribution in [1.29, 1.82) is 0 Å². The summed E-state index contributed by atoms with van der Waals surface area (Å²) in [6.45, 7) is 3.91. The van der Waals surface area contributed by atoms with Gasteiger partial charge in [0.25, 0.3) is 0 Å². The molecule has 2 N–H and O–H groups in total. The Labute approximate surface area is 87.1 Å². The number of nitrogens with two attached hydrogens (primary N) is 1. The van der Waals surface area contributed by atoms with Gasteiger partial charge in [-0.2, -0.15) is 0 Å². The first-order chi connectivity index (χ1) is 6.91. The van der Waals surface area contributed by atoms with E-state index in [0.29, 0.717) is 17.9 Å². The lowest BCUT2D eigenvalue weighted by atomic mass is 9.97. The average Bonchev–Trinajstić information content (AvgIpc) is 2.12. The van der Waals surface area contributed by atoms with Gasteiger partial charge in [0.05, 0.1) is 0 Å². The van der Waals surface area contributed by atoms with Crippen LogP contribution in [0.4, 0.5) is 13.2 Å². The molecule has 84 valence electrons. The molecular weight excluding hydrogens is 203 g/mol. The third-order valence-electron chi connectivity index (χ3n) is 2.16. The van der Waals surface area contributed by atoms with Crippen LogP contribution in [0, 0.1) is 23.4 Å². The van der Waals surface area contributed by atoms with Crippen molar-refractivity contribution < 1.29 is 13.2 Å². The van der Waals surface area contributed by atoms with Crippen molar-refractivity contribution in [2.45, 2.75) is 26.3 Å². The van der Waals surface area contributed by atoms with E-state index in [-0.39, 0.29) is 0 Å². The second kappa shape index (κ2) is 4.66. The minimum absolute atomic E-state index is 0.292. The molecule has 4 heteroatoms. The normalized spacial score (nSPS) is 13.3. The SMILES string of the molecule is CC(C)CC(N)c1cc(F)c(F)c(F)c1. The summed E-state index contributed by atoms with van der Waals surface area (Å²) in [4.78, 5) is 0. The topological polar surface area (TPSA) is 26.0 Å². The van der Waals surface area contributed by atoms with Crippen molar-refractivity contribution in [3.8, 4) is 0 Å². The predicted molar refractivity (Wildman–Crippen MR) is 52.7 cm³/mol. The standard InChI is InChI=1S/C11H14F3N/c1-6(2)3-10(15)7-4-8(12)11(14)9(13)5-7/h4-6,10H,3,15H2,1-2H3. The molecular formula is C11H14F3N. The van der Waals surface area contributed by atoms with E-state index in [1.807, 2.05) is 13.8 Å². The van der Waals surface area contributed by atoms with E-state index < -0.39 is 23.5 Å². The quantitative estimate of drug-likeness (QED) is 0.773. The van der Waals surface area contributed by atoms with Crippen LogP contribution in [0.15, 0.2) is 12.1 Å². The minimum Gasteiger partial charge on any atom is -0.324 e. The highest BCUT2D eigenvalue weighted by molar-refractivity contribution is 5.22. The fourth-order valence-corrected chi connectivity index (χ4v) is 1.43.